The van der Waals surface area contributed by atoms with Gasteiger partial charge in [0.1, 0.15) is 5.52 Å². The lowest BCUT2D eigenvalue weighted by Gasteiger charge is -2.04. The number of nitrogens with zero attached hydrogens (tertiary/aromatic N) is 2. The number of nitro benzene ring substituents is 1. The molecule has 0 bridgehead atoms. The molecule has 0 fully saturated rings. The van der Waals surface area contributed by atoms with Crippen molar-refractivity contribution in [3.05, 3.63) is 63.5 Å². The minimum absolute atomic E-state index is 0.0275. The minimum Gasteiger partial charge on any atom is -0.452 e. The van der Waals surface area contributed by atoms with Crippen molar-refractivity contribution >= 4 is 44.2 Å². The van der Waals surface area contributed by atoms with Gasteiger partial charge >= 0.3 is 5.97 Å². The number of benzene rings is 2. The SMILES string of the molecule is O=C(COC(=O)c1cccc([N+](=O)[O-])c1)Nc1nc2c(F)c(F)c(F)cc2s1. The van der Waals surface area contributed by atoms with E-state index >= 15 is 0 Å². The Kier molecular flexibility index (Phi) is 5.22. The zero-order valence-corrected chi connectivity index (χ0v) is 14.4. The van der Waals surface area contributed by atoms with Crippen LogP contribution in [-0.2, 0) is 9.53 Å². The van der Waals surface area contributed by atoms with Crippen molar-refractivity contribution in [3.63, 3.8) is 0 Å². The number of hydrogen-bond donors (Lipinski definition) is 1. The smallest absolute Gasteiger partial charge is 0.338 e. The van der Waals surface area contributed by atoms with Crippen LogP contribution in [0.2, 0.25) is 0 Å². The van der Waals surface area contributed by atoms with E-state index in [0.717, 1.165) is 12.1 Å². The number of ether oxygens (including phenoxy) is 1. The molecule has 0 aliphatic heterocycles. The number of aromatic nitrogens is 1. The lowest BCUT2D eigenvalue weighted by atomic mass is 10.2. The Balaban J connectivity index is 1.65. The molecule has 3 aromatic rings. The zero-order valence-electron chi connectivity index (χ0n) is 13.6. The molecule has 0 unspecified atom stereocenters. The number of carbonyl (C=O) groups excluding carboxylic acids is 2. The summed E-state index contributed by atoms with van der Waals surface area (Å²) in [5.74, 6) is -6.37. The van der Waals surface area contributed by atoms with Gasteiger partial charge in [0, 0.05) is 12.1 Å². The average molecular weight is 411 g/mol. The van der Waals surface area contributed by atoms with Crippen molar-refractivity contribution in [2.45, 2.75) is 0 Å². The van der Waals surface area contributed by atoms with Crippen molar-refractivity contribution in [1.82, 2.24) is 4.98 Å². The molecule has 0 saturated carbocycles. The second-order valence-electron chi connectivity index (χ2n) is 5.28. The molecule has 0 spiro atoms. The van der Waals surface area contributed by atoms with Gasteiger partial charge in [-0.2, -0.15) is 0 Å². The largest absolute Gasteiger partial charge is 0.452 e. The van der Waals surface area contributed by atoms with E-state index in [9.17, 15) is 32.9 Å². The molecule has 8 nitrogen and oxygen atoms in total. The van der Waals surface area contributed by atoms with Crippen LogP contribution < -0.4 is 5.32 Å². The summed E-state index contributed by atoms with van der Waals surface area (Å²) in [6.07, 6.45) is 0. The monoisotopic (exact) mass is 411 g/mol. The molecule has 12 heteroatoms. The van der Waals surface area contributed by atoms with Gasteiger partial charge in [0.15, 0.2) is 29.2 Å². The Hall–Kier alpha value is -3.54. The van der Waals surface area contributed by atoms with Crippen LogP contribution in [0.4, 0.5) is 24.0 Å². The van der Waals surface area contributed by atoms with E-state index < -0.39 is 46.4 Å². The molecule has 1 heterocycles. The Morgan fingerprint density at radius 1 is 1.21 bits per heavy atom. The number of amides is 1. The summed E-state index contributed by atoms with van der Waals surface area (Å²) in [6, 6.07) is 5.46. The van der Waals surface area contributed by atoms with Crippen molar-refractivity contribution in [2.24, 2.45) is 0 Å². The van der Waals surface area contributed by atoms with Crippen LogP contribution >= 0.6 is 11.3 Å². The highest BCUT2D eigenvalue weighted by atomic mass is 32.1. The molecule has 1 N–H and O–H groups in total. The first-order valence-corrected chi connectivity index (χ1v) is 8.23. The van der Waals surface area contributed by atoms with Crippen molar-refractivity contribution in [2.75, 3.05) is 11.9 Å². The summed E-state index contributed by atoms with van der Waals surface area (Å²) in [5.41, 5.74) is -0.905. The van der Waals surface area contributed by atoms with Gasteiger partial charge < -0.3 is 4.74 Å². The quantitative estimate of drug-likeness (QED) is 0.298. The fourth-order valence-corrected chi connectivity index (χ4v) is 3.05. The molecule has 1 amide bonds. The van der Waals surface area contributed by atoms with Gasteiger partial charge in [0.05, 0.1) is 15.2 Å². The number of thiazole rings is 1. The Labute approximate surface area is 157 Å². The first kappa shape index (κ1) is 19.2. The van der Waals surface area contributed by atoms with Gasteiger partial charge in [-0.3, -0.25) is 20.2 Å². The van der Waals surface area contributed by atoms with E-state index in [-0.39, 0.29) is 21.1 Å². The Bertz CT molecular complexity index is 1120. The number of anilines is 1. The first-order valence-electron chi connectivity index (χ1n) is 7.41. The maximum atomic E-state index is 13.6. The van der Waals surface area contributed by atoms with Gasteiger partial charge in [-0.25, -0.2) is 22.9 Å². The number of fused-ring (bicyclic) bond motifs is 1. The number of hydrogen-bond acceptors (Lipinski definition) is 7. The van der Waals surface area contributed by atoms with Crippen LogP contribution in [0.5, 0.6) is 0 Å². The molecule has 0 radical (unpaired) electrons. The highest BCUT2D eigenvalue weighted by molar-refractivity contribution is 7.22. The van der Waals surface area contributed by atoms with Crippen molar-refractivity contribution in [3.8, 4) is 0 Å². The second kappa shape index (κ2) is 7.60. The number of carbonyl (C=O) groups is 2. The first-order chi connectivity index (χ1) is 13.3. The molecule has 2 aromatic carbocycles. The Morgan fingerprint density at radius 2 is 1.96 bits per heavy atom. The number of non-ortho nitro benzene ring substituents is 1. The summed E-state index contributed by atoms with van der Waals surface area (Å²) in [5, 5.41) is 12.7. The van der Waals surface area contributed by atoms with E-state index in [2.05, 4.69) is 10.3 Å². The molecule has 3 rings (SSSR count). The van der Waals surface area contributed by atoms with Crippen LogP contribution in [-0.4, -0.2) is 28.4 Å². The predicted octanol–water partition coefficient (Wildman–Crippen LogP) is 3.42. The molecule has 1 aromatic heterocycles. The summed E-state index contributed by atoms with van der Waals surface area (Å²) >= 11 is 0.693. The summed E-state index contributed by atoms with van der Waals surface area (Å²) in [7, 11) is 0. The van der Waals surface area contributed by atoms with Gasteiger partial charge in [-0.05, 0) is 12.1 Å². The number of nitrogens with one attached hydrogen (secondary N) is 1. The maximum absolute atomic E-state index is 13.6. The highest BCUT2D eigenvalue weighted by Gasteiger charge is 2.19. The lowest BCUT2D eigenvalue weighted by Crippen LogP contribution is -2.20. The molecule has 0 aliphatic rings. The molecule has 0 saturated heterocycles. The lowest BCUT2D eigenvalue weighted by molar-refractivity contribution is -0.384. The average Bonchev–Trinajstić information content (AvgIpc) is 3.06. The van der Waals surface area contributed by atoms with E-state index in [1.807, 2.05) is 0 Å². The fraction of sp³-hybridized carbons (Fsp3) is 0.0625. The van der Waals surface area contributed by atoms with Gasteiger partial charge in [0.25, 0.3) is 11.6 Å². The number of rotatable bonds is 5. The van der Waals surface area contributed by atoms with Crippen LogP contribution in [0.25, 0.3) is 10.2 Å². The molecule has 144 valence electrons. The van der Waals surface area contributed by atoms with E-state index in [1.54, 1.807) is 0 Å². The van der Waals surface area contributed by atoms with Crippen LogP contribution in [0.3, 0.4) is 0 Å². The molecule has 28 heavy (non-hydrogen) atoms. The Morgan fingerprint density at radius 3 is 2.68 bits per heavy atom. The third kappa shape index (κ3) is 3.91. The van der Waals surface area contributed by atoms with Crippen LogP contribution in [0.1, 0.15) is 10.4 Å². The van der Waals surface area contributed by atoms with Crippen molar-refractivity contribution < 1.29 is 32.4 Å². The fourth-order valence-electron chi connectivity index (χ4n) is 2.14. The summed E-state index contributed by atoms with van der Waals surface area (Å²) in [6.45, 7) is -0.761. The van der Waals surface area contributed by atoms with Gasteiger partial charge in [-0.15, -0.1) is 0 Å². The molecular weight excluding hydrogens is 403 g/mol. The third-order valence-corrected chi connectivity index (χ3v) is 4.31. The summed E-state index contributed by atoms with van der Waals surface area (Å²) < 4.78 is 44.8. The predicted molar refractivity (Wildman–Crippen MR) is 91.5 cm³/mol. The topological polar surface area (TPSA) is 111 Å². The molecular formula is C16H8F3N3O5S. The highest BCUT2D eigenvalue weighted by Crippen LogP contribution is 2.30. The second-order valence-corrected chi connectivity index (χ2v) is 6.31. The molecule has 0 atom stereocenters. The number of nitro groups is 1. The third-order valence-electron chi connectivity index (χ3n) is 3.39. The maximum Gasteiger partial charge on any atom is 0.338 e. The summed E-state index contributed by atoms with van der Waals surface area (Å²) in [4.78, 5) is 37.4. The van der Waals surface area contributed by atoms with E-state index in [0.29, 0.717) is 11.3 Å². The normalized spacial score (nSPS) is 10.7. The van der Waals surface area contributed by atoms with E-state index in [4.69, 9.17) is 4.74 Å². The van der Waals surface area contributed by atoms with Crippen LogP contribution in [0.15, 0.2) is 30.3 Å². The standard InChI is InChI=1S/C16H8F3N3O5S/c17-9-5-10-14(13(19)12(9)18)21-16(28-10)20-11(23)6-27-15(24)7-2-1-3-8(4-7)22(25)26/h1-5H,6H2,(H,20,21,23). The number of esters is 1. The van der Waals surface area contributed by atoms with Gasteiger partial charge in [-0.1, -0.05) is 17.4 Å². The molecule has 0 aliphatic carbocycles. The van der Waals surface area contributed by atoms with E-state index in [1.165, 1.54) is 18.2 Å². The zero-order chi connectivity index (χ0) is 20.4. The number of halogens is 3. The van der Waals surface area contributed by atoms with Gasteiger partial charge in [0.2, 0.25) is 0 Å². The minimum atomic E-state index is -1.68. The van der Waals surface area contributed by atoms with Crippen molar-refractivity contribution in [1.29, 1.82) is 0 Å². The van der Waals surface area contributed by atoms with Crippen LogP contribution in [0, 0.1) is 27.6 Å².